The standard InChI is InChI=1S/C20H20N4O3/c1-12(19(25)21-14-5-3-2-4-6-14)27-15-9-10-17-16(11-15)18(24-23-17)22-20(26)13-7-8-13/h2-6,9-13H,7-8H2,1H3,(H,21,25)(H2,22,23,24,26). The summed E-state index contributed by atoms with van der Waals surface area (Å²) < 4.78 is 5.78. The van der Waals surface area contributed by atoms with Gasteiger partial charge in [-0.3, -0.25) is 14.7 Å². The van der Waals surface area contributed by atoms with Gasteiger partial charge in [0.15, 0.2) is 11.9 Å². The summed E-state index contributed by atoms with van der Waals surface area (Å²) in [6, 6.07) is 14.6. The van der Waals surface area contributed by atoms with Crippen LogP contribution in [-0.2, 0) is 9.59 Å². The quantitative estimate of drug-likeness (QED) is 0.625. The number of fused-ring (bicyclic) bond motifs is 1. The van der Waals surface area contributed by atoms with Crippen molar-refractivity contribution in [2.75, 3.05) is 10.6 Å². The number of carbonyl (C=O) groups excluding carboxylic acids is 2. The number of amides is 2. The van der Waals surface area contributed by atoms with Crippen LogP contribution in [0.2, 0.25) is 0 Å². The molecule has 0 spiro atoms. The summed E-state index contributed by atoms with van der Waals surface area (Å²) in [7, 11) is 0. The number of nitrogens with one attached hydrogen (secondary N) is 3. The summed E-state index contributed by atoms with van der Waals surface area (Å²) in [6.07, 6.45) is 1.17. The maximum Gasteiger partial charge on any atom is 0.265 e. The summed E-state index contributed by atoms with van der Waals surface area (Å²) in [5, 5.41) is 13.5. The lowest BCUT2D eigenvalue weighted by atomic mass is 10.2. The number of anilines is 2. The molecule has 4 rings (SSSR count). The van der Waals surface area contributed by atoms with Crippen LogP contribution in [0.5, 0.6) is 5.75 Å². The van der Waals surface area contributed by atoms with Gasteiger partial charge in [-0.1, -0.05) is 18.2 Å². The number of hydrogen-bond acceptors (Lipinski definition) is 4. The summed E-state index contributed by atoms with van der Waals surface area (Å²) >= 11 is 0. The third kappa shape index (κ3) is 3.92. The van der Waals surface area contributed by atoms with Crippen molar-refractivity contribution >= 4 is 34.2 Å². The smallest absolute Gasteiger partial charge is 0.265 e. The van der Waals surface area contributed by atoms with Crippen LogP contribution in [0.3, 0.4) is 0 Å². The number of aromatic nitrogens is 2. The molecule has 3 N–H and O–H groups in total. The predicted octanol–water partition coefficient (Wildman–Crippen LogP) is 3.32. The normalized spacial score (nSPS) is 14.6. The van der Waals surface area contributed by atoms with Crippen molar-refractivity contribution in [3.8, 4) is 5.75 Å². The van der Waals surface area contributed by atoms with Crippen molar-refractivity contribution in [3.05, 3.63) is 48.5 Å². The van der Waals surface area contributed by atoms with E-state index in [9.17, 15) is 9.59 Å². The summed E-state index contributed by atoms with van der Waals surface area (Å²) in [6.45, 7) is 1.69. The summed E-state index contributed by atoms with van der Waals surface area (Å²) in [5.74, 6) is 0.856. The molecular weight excluding hydrogens is 344 g/mol. The fourth-order valence-electron chi connectivity index (χ4n) is 2.75. The van der Waals surface area contributed by atoms with Gasteiger partial charge in [0, 0.05) is 17.0 Å². The van der Waals surface area contributed by atoms with Crippen LogP contribution >= 0.6 is 0 Å². The highest BCUT2D eigenvalue weighted by Crippen LogP contribution is 2.32. The Kier molecular flexibility index (Phi) is 4.50. The van der Waals surface area contributed by atoms with Crippen LogP contribution in [-0.4, -0.2) is 28.1 Å². The summed E-state index contributed by atoms with van der Waals surface area (Å²) in [4.78, 5) is 24.3. The molecule has 138 valence electrons. The Morgan fingerprint density at radius 2 is 1.93 bits per heavy atom. The number of rotatable bonds is 6. The minimum atomic E-state index is -0.681. The number of H-pyrrole nitrogens is 1. The molecule has 1 aliphatic carbocycles. The van der Waals surface area contributed by atoms with Crippen molar-refractivity contribution < 1.29 is 14.3 Å². The van der Waals surface area contributed by atoms with E-state index in [2.05, 4.69) is 20.8 Å². The molecule has 1 unspecified atom stereocenters. The zero-order valence-electron chi connectivity index (χ0n) is 14.9. The highest BCUT2D eigenvalue weighted by molar-refractivity contribution is 6.01. The van der Waals surface area contributed by atoms with Crippen molar-refractivity contribution in [2.45, 2.75) is 25.9 Å². The van der Waals surface area contributed by atoms with Gasteiger partial charge in [0.2, 0.25) is 5.91 Å². The van der Waals surface area contributed by atoms with Crippen molar-refractivity contribution in [2.24, 2.45) is 5.92 Å². The molecule has 7 nitrogen and oxygen atoms in total. The highest BCUT2D eigenvalue weighted by Gasteiger charge is 2.30. The van der Waals surface area contributed by atoms with Crippen LogP contribution in [0.25, 0.3) is 10.9 Å². The van der Waals surface area contributed by atoms with Gasteiger partial charge in [0.1, 0.15) is 5.75 Å². The van der Waals surface area contributed by atoms with Gasteiger partial charge in [-0.2, -0.15) is 5.10 Å². The zero-order valence-corrected chi connectivity index (χ0v) is 14.9. The molecule has 0 bridgehead atoms. The largest absolute Gasteiger partial charge is 0.481 e. The Morgan fingerprint density at radius 1 is 1.15 bits per heavy atom. The molecule has 2 aromatic carbocycles. The van der Waals surface area contributed by atoms with E-state index in [1.165, 1.54) is 0 Å². The zero-order chi connectivity index (χ0) is 18.8. The van der Waals surface area contributed by atoms with Gasteiger partial charge in [-0.25, -0.2) is 0 Å². The van der Waals surface area contributed by atoms with Gasteiger partial charge in [0.25, 0.3) is 5.91 Å². The lowest BCUT2D eigenvalue weighted by molar-refractivity contribution is -0.122. The molecule has 1 aliphatic rings. The van der Waals surface area contributed by atoms with E-state index < -0.39 is 6.10 Å². The molecular formula is C20H20N4O3. The van der Waals surface area contributed by atoms with Crippen LogP contribution in [0.1, 0.15) is 19.8 Å². The number of aromatic amines is 1. The van der Waals surface area contributed by atoms with Crippen molar-refractivity contribution in [1.82, 2.24) is 10.2 Å². The van der Waals surface area contributed by atoms with Gasteiger partial charge in [-0.15, -0.1) is 0 Å². The van der Waals surface area contributed by atoms with E-state index in [1.54, 1.807) is 19.1 Å². The first-order valence-corrected chi connectivity index (χ1v) is 8.92. The Balaban J connectivity index is 1.46. The number of hydrogen-bond donors (Lipinski definition) is 3. The fraction of sp³-hybridized carbons (Fsp3) is 0.250. The van der Waals surface area contributed by atoms with Crippen molar-refractivity contribution in [3.63, 3.8) is 0 Å². The Bertz CT molecular complexity index is 979. The van der Waals surface area contributed by atoms with Gasteiger partial charge in [-0.05, 0) is 50.1 Å². The molecule has 1 aromatic heterocycles. The number of para-hydroxylation sites is 1. The van der Waals surface area contributed by atoms with Crippen LogP contribution in [0.15, 0.2) is 48.5 Å². The second kappa shape index (κ2) is 7.11. The first-order valence-electron chi connectivity index (χ1n) is 8.92. The Hall–Kier alpha value is -3.35. The lowest BCUT2D eigenvalue weighted by Crippen LogP contribution is -2.30. The van der Waals surface area contributed by atoms with Crippen LogP contribution < -0.4 is 15.4 Å². The molecule has 1 saturated carbocycles. The highest BCUT2D eigenvalue weighted by atomic mass is 16.5. The Labute approximate surface area is 156 Å². The third-order valence-electron chi connectivity index (χ3n) is 4.45. The predicted molar refractivity (Wildman–Crippen MR) is 103 cm³/mol. The number of nitrogens with zero attached hydrogens (tertiary/aromatic N) is 1. The fourth-order valence-corrected chi connectivity index (χ4v) is 2.75. The monoisotopic (exact) mass is 364 g/mol. The SMILES string of the molecule is CC(Oc1ccc2[nH]nc(NC(=O)C3CC3)c2c1)C(=O)Nc1ccccc1. The van der Waals surface area contributed by atoms with E-state index in [0.717, 1.165) is 23.7 Å². The summed E-state index contributed by atoms with van der Waals surface area (Å²) in [5.41, 5.74) is 1.50. The van der Waals surface area contributed by atoms with Crippen LogP contribution in [0, 0.1) is 5.92 Å². The average Bonchev–Trinajstić information content (AvgIpc) is 3.46. The van der Waals surface area contributed by atoms with E-state index in [-0.39, 0.29) is 17.7 Å². The Morgan fingerprint density at radius 3 is 2.67 bits per heavy atom. The van der Waals surface area contributed by atoms with E-state index >= 15 is 0 Å². The molecule has 0 aliphatic heterocycles. The van der Waals surface area contributed by atoms with Crippen molar-refractivity contribution in [1.29, 1.82) is 0 Å². The second-order valence-corrected chi connectivity index (χ2v) is 6.66. The second-order valence-electron chi connectivity index (χ2n) is 6.66. The molecule has 1 atom stereocenters. The minimum Gasteiger partial charge on any atom is -0.481 e. The van der Waals surface area contributed by atoms with Gasteiger partial charge in [0.05, 0.1) is 5.52 Å². The van der Waals surface area contributed by atoms with Crippen LogP contribution in [0.4, 0.5) is 11.5 Å². The maximum absolute atomic E-state index is 12.3. The first-order chi connectivity index (χ1) is 13.1. The van der Waals surface area contributed by atoms with Gasteiger partial charge < -0.3 is 15.4 Å². The minimum absolute atomic E-state index is 0.00896. The topological polar surface area (TPSA) is 96.1 Å². The molecule has 7 heteroatoms. The average molecular weight is 364 g/mol. The molecule has 2 amide bonds. The molecule has 3 aromatic rings. The lowest BCUT2D eigenvalue weighted by Gasteiger charge is -2.15. The van der Waals surface area contributed by atoms with E-state index in [0.29, 0.717) is 17.3 Å². The molecule has 1 fully saturated rings. The number of carbonyl (C=O) groups is 2. The molecule has 0 radical (unpaired) electrons. The first kappa shape index (κ1) is 17.1. The molecule has 0 saturated heterocycles. The number of benzene rings is 2. The van der Waals surface area contributed by atoms with E-state index in [4.69, 9.17) is 4.74 Å². The number of ether oxygens (including phenoxy) is 1. The molecule has 1 heterocycles. The van der Waals surface area contributed by atoms with E-state index in [1.807, 2.05) is 36.4 Å². The maximum atomic E-state index is 12.3. The molecule has 27 heavy (non-hydrogen) atoms. The van der Waals surface area contributed by atoms with Gasteiger partial charge >= 0.3 is 0 Å². The third-order valence-corrected chi connectivity index (χ3v) is 4.45.